The van der Waals surface area contributed by atoms with Crippen LogP contribution in [0.15, 0.2) is 17.2 Å². The van der Waals surface area contributed by atoms with E-state index in [1.165, 1.54) is 0 Å². The number of hydrogen-bond acceptors (Lipinski definition) is 4. The van der Waals surface area contributed by atoms with Crippen molar-refractivity contribution in [1.29, 1.82) is 0 Å². The standard InChI is InChI=1S/C14H25N3O3S/c1-4-20-14(2,3)10-16-21(18,19)13-7-12(8-15)17(9-13)11-5-6-11/h7,9,11,16H,4-6,8,10,15H2,1-3H3. The zero-order valence-corrected chi connectivity index (χ0v) is 13.7. The molecule has 2 rings (SSSR count). The summed E-state index contributed by atoms with van der Waals surface area (Å²) in [7, 11) is -3.54. The minimum absolute atomic E-state index is 0.232. The summed E-state index contributed by atoms with van der Waals surface area (Å²) in [5.74, 6) is 0. The Morgan fingerprint density at radius 3 is 2.67 bits per heavy atom. The second-order valence-electron chi connectivity index (χ2n) is 6.03. The summed E-state index contributed by atoms with van der Waals surface area (Å²) in [6, 6.07) is 2.07. The zero-order valence-electron chi connectivity index (χ0n) is 12.9. The molecule has 7 heteroatoms. The molecular formula is C14H25N3O3S. The van der Waals surface area contributed by atoms with Crippen molar-refractivity contribution in [3.05, 3.63) is 18.0 Å². The van der Waals surface area contributed by atoms with Crippen LogP contribution in [0.1, 0.15) is 45.3 Å². The average molecular weight is 315 g/mol. The number of nitrogens with zero attached hydrogens (tertiary/aromatic N) is 1. The first-order valence-electron chi connectivity index (χ1n) is 7.33. The Hall–Kier alpha value is -0.890. The Labute approximate surface area is 126 Å². The highest BCUT2D eigenvalue weighted by atomic mass is 32.2. The maximum absolute atomic E-state index is 12.4. The lowest BCUT2D eigenvalue weighted by Gasteiger charge is -2.24. The van der Waals surface area contributed by atoms with Crippen molar-refractivity contribution in [2.75, 3.05) is 13.2 Å². The van der Waals surface area contributed by atoms with E-state index in [0.717, 1.165) is 18.5 Å². The number of rotatable bonds is 8. The van der Waals surface area contributed by atoms with E-state index < -0.39 is 15.6 Å². The van der Waals surface area contributed by atoms with Crippen LogP contribution in [0.5, 0.6) is 0 Å². The molecule has 1 aromatic rings. The van der Waals surface area contributed by atoms with Crippen LogP contribution < -0.4 is 10.5 Å². The van der Waals surface area contributed by atoms with E-state index in [-0.39, 0.29) is 11.4 Å². The van der Waals surface area contributed by atoms with Crippen LogP contribution in [0.2, 0.25) is 0 Å². The fraction of sp³-hybridized carbons (Fsp3) is 0.714. The van der Waals surface area contributed by atoms with Gasteiger partial charge in [-0.05, 0) is 39.7 Å². The lowest BCUT2D eigenvalue weighted by Crippen LogP contribution is -2.40. The molecule has 0 radical (unpaired) electrons. The molecule has 1 aromatic heterocycles. The van der Waals surface area contributed by atoms with Crippen molar-refractivity contribution < 1.29 is 13.2 Å². The van der Waals surface area contributed by atoms with Crippen LogP contribution in [-0.4, -0.2) is 31.7 Å². The van der Waals surface area contributed by atoms with Gasteiger partial charge >= 0.3 is 0 Å². The van der Waals surface area contributed by atoms with E-state index in [1.54, 1.807) is 12.3 Å². The van der Waals surface area contributed by atoms with Gasteiger partial charge in [0.1, 0.15) is 0 Å². The van der Waals surface area contributed by atoms with Crippen molar-refractivity contribution >= 4 is 10.0 Å². The summed E-state index contributed by atoms with van der Waals surface area (Å²) in [6.07, 6.45) is 3.87. The smallest absolute Gasteiger partial charge is 0.242 e. The highest BCUT2D eigenvalue weighted by Crippen LogP contribution is 2.37. The Bertz CT molecular complexity index is 589. The van der Waals surface area contributed by atoms with Gasteiger partial charge in [-0.1, -0.05) is 0 Å². The molecule has 1 aliphatic rings. The first-order valence-corrected chi connectivity index (χ1v) is 8.82. The van der Waals surface area contributed by atoms with Crippen LogP contribution in [0.3, 0.4) is 0 Å². The highest BCUT2D eigenvalue weighted by Gasteiger charge is 2.29. The summed E-state index contributed by atoms with van der Waals surface area (Å²) in [4.78, 5) is 0.280. The molecule has 1 aliphatic carbocycles. The van der Waals surface area contributed by atoms with Crippen LogP contribution in [0.4, 0.5) is 0 Å². The van der Waals surface area contributed by atoms with Crippen LogP contribution in [-0.2, 0) is 21.3 Å². The fourth-order valence-corrected chi connectivity index (χ4v) is 3.54. The molecule has 0 aliphatic heterocycles. The molecule has 0 atom stereocenters. The van der Waals surface area contributed by atoms with Gasteiger partial charge in [0.25, 0.3) is 0 Å². The number of ether oxygens (including phenoxy) is 1. The summed E-state index contributed by atoms with van der Waals surface area (Å²) in [5.41, 5.74) is 6.03. The van der Waals surface area contributed by atoms with Gasteiger partial charge in [-0.2, -0.15) is 0 Å². The quantitative estimate of drug-likeness (QED) is 0.759. The number of nitrogens with one attached hydrogen (secondary N) is 1. The Morgan fingerprint density at radius 2 is 2.14 bits per heavy atom. The van der Waals surface area contributed by atoms with Gasteiger partial charge < -0.3 is 15.0 Å². The molecule has 21 heavy (non-hydrogen) atoms. The number of aromatic nitrogens is 1. The number of hydrogen-bond donors (Lipinski definition) is 2. The molecule has 1 saturated carbocycles. The molecule has 0 saturated heterocycles. The van der Waals surface area contributed by atoms with Gasteiger partial charge in [-0.25, -0.2) is 13.1 Å². The lowest BCUT2D eigenvalue weighted by atomic mass is 10.1. The van der Waals surface area contributed by atoms with Gasteiger partial charge in [-0.15, -0.1) is 0 Å². The van der Waals surface area contributed by atoms with Gasteiger partial charge in [0, 0.05) is 37.6 Å². The van der Waals surface area contributed by atoms with E-state index >= 15 is 0 Å². The molecule has 120 valence electrons. The zero-order chi connectivity index (χ0) is 15.7. The lowest BCUT2D eigenvalue weighted by molar-refractivity contribution is -0.00515. The minimum atomic E-state index is -3.54. The van der Waals surface area contributed by atoms with E-state index in [1.807, 2.05) is 25.3 Å². The van der Waals surface area contributed by atoms with Crippen molar-refractivity contribution in [2.24, 2.45) is 5.73 Å². The Morgan fingerprint density at radius 1 is 1.48 bits per heavy atom. The molecule has 0 aromatic carbocycles. The van der Waals surface area contributed by atoms with Crippen molar-refractivity contribution in [3.63, 3.8) is 0 Å². The van der Waals surface area contributed by atoms with Gasteiger partial charge in [0.2, 0.25) is 10.0 Å². The second-order valence-corrected chi connectivity index (χ2v) is 7.79. The maximum atomic E-state index is 12.4. The molecule has 0 amide bonds. The van der Waals surface area contributed by atoms with E-state index in [0.29, 0.717) is 19.2 Å². The fourth-order valence-electron chi connectivity index (χ4n) is 2.29. The monoisotopic (exact) mass is 315 g/mol. The summed E-state index contributed by atoms with van der Waals surface area (Å²) in [6.45, 7) is 6.73. The third-order valence-electron chi connectivity index (χ3n) is 3.59. The summed E-state index contributed by atoms with van der Waals surface area (Å²) < 4.78 is 34.9. The maximum Gasteiger partial charge on any atom is 0.242 e. The molecule has 6 nitrogen and oxygen atoms in total. The first-order chi connectivity index (χ1) is 9.79. The third-order valence-corrected chi connectivity index (χ3v) is 4.96. The van der Waals surface area contributed by atoms with Crippen LogP contribution in [0, 0.1) is 0 Å². The molecule has 1 heterocycles. The number of sulfonamides is 1. The van der Waals surface area contributed by atoms with E-state index in [9.17, 15) is 8.42 Å². The molecular weight excluding hydrogens is 290 g/mol. The topological polar surface area (TPSA) is 86.3 Å². The van der Waals surface area contributed by atoms with Crippen LogP contribution in [0.25, 0.3) is 0 Å². The summed E-state index contributed by atoms with van der Waals surface area (Å²) >= 11 is 0. The largest absolute Gasteiger partial charge is 0.375 e. The molecule has 0 unspecified atom stereocenters. The molecule has 0 bridgehead atoms. The van der Waals surface area contributed by atoms with Crippen molar-refractivity contribution in [1.82, 2.24) is 9.29 Å². The highest BCUT2D eigenvalue weighted by molar-refractivity contribution is 7.89. The average Bonchev–Trinajstić information content (AvgIpc) is 3.15. The van der Waals surface area contributed by atoms with Crippen molar-refractivity contribution in [3.8, 4) is 0 Å². The first kappa shape index (κ1) is 16.5. The minimum Gasteiger partial charge on any atom is -0.375 e. The third kappa shape index (κ3) is 4.06. The SMILES string of the molecule is CCOC(C)(C)CNS(=O)(=O)c1cc(CN)n(C2CC2)c1. The second kappa shape index (κ2) is 6.08. The number of nitrogens with two attached hydrogens (primary N) is 1. The Kier molecular flexibility index (Phi) is 4.77. The van der Waals surface area contributed by atoms with E-state index in [2.05, 4.69) is 4.72 Å². The molecule has 1 fully saturated rings. The van der Waals surface area contributed by atoms with Crippen LogP contribution >= 0.6 is 0 Å². The normalized spacial score (nSPS) is 16.4. The van der Waals surface area contributed by atoms with Gasteiger partial charge in [0.15, 0.2) is 0 Å². The predicted molar refractivity (Wildman–Crippen MR) is 81.5 cm³/mol. The Balaban J connectivity index is 2.12. The molecule has 0 spiro atoms. The van der Waals surface area contributed by atoms with Gasteiger partial charge in [0.05, 0.1) is 10.5 Å². The predicted octanol–water partition coefficient (Wildman–Crippen LogP) is 1.38. The molecule has 3 N–H and O–H groups in total. The van der Waals surface area contributed by atoms with Gasteiger partial charge in [-0.3, -0.25) is 0 Å². The summed E-state index contributed by atoms with van der Waals surface area (Å²) in [5, 5.41) is 0. The van der Waals surface area contributed by atoms with E-state index in [4.69, 9.17) is 10.5 Å². The van der Waals surface area contributed by atoms with Crippen molar-refractivity contribution in [2.45, 2.75) is 56.7 Å².